The Labute approximate surface area is 215 Å². The van der Waals surface area contributed by atoms with Crippen LogP contribution in [0.2, 0.25) is 0 Å². The first kappa shape index (κ1) is 34.5. The topological polar surface area (TPSA) is 91.3 Å². The summed E-state index contributed by atoms with van der Waals surface area (Å²) >= 11 is 0. The summed E-state index contributed by atoms with van der Waals surface area (Å²) in [6, 6.07) is 0. The molecule has 0 aromatic carbocycles. The molecule has 2 unspecified atom stereocenters. The lowest BCUT2D eigenvalue weighted by atomic mass is 10.1. The molecule has 0 aliphatic rings. The van der Waals surface area contributed by atoms with Crippen LogP contribution >= 0.6 is 7.82 Å². The van der Waals surface area contributed by atoms with E-state index in [0.717, 1.165) is 12.8 Å². The van der Waals surface area contributed by atoms with Crippen LogP contribution in [0.3, 0.4) is 0 Å². The maximum absolute atomic E-state index is 12.1. The van der Waals surface area contributed by atoms with Gasteiger partial charge in [-0.3, -0.25) is 13.8 Å². The molecule has 0 aromatic heterocycles. The third-order valence-corrected chi connectivity index (χ3v) is 6.62. The van der Waals surface area contributed by atoms with Gasteiger partial charge in [-0.25, -0.2) is 4.57 Å². The number of esters is 1. The van der Waals surface area contributed by atoms with E-state index in [9.17, 15) is 14.3 Å². The quantitative estimate of drug-likeness (QED) is 0.0653. The second kappa shape index (κ2) is 21.6. The number of phosphoric ester groups is 1. The number of likely N-dealkylation sites (N-methyl/N-ethyl adjacent to an activating group) is 1. The van der Waals surface area contributed by atoms with Gasteiger partial charge in [-0.1, -0.05) is 84.5 Å². The lowest BCUT2D eigenvalue weighted by molar-refractivity contribution is -0.870. The van der Waals surface area contributed by atoms with Crippen LogP contribution < -0.4 is 0 Å². The van der Waals surface area contributed by atoms with Crippen LogP contribution in [-0.2, 0) is 27.9 Å². The number of quaternary nitrogens is 1. The van der Waals surface area contributed by atoms with Crippen LogP contribution in [0, 0.1) is 0 Å². The monoisotopic (exact) mass is 524 g/mol. The van der Waals surface area contributed by atoms with Crippen molar-refractivity contribution in [2.75, 3.05) is 54.1 Å². The van der Waals surface area contributed by atoms with E-state index >= 15 is 0 Å². The van der Waals surface area contributed by atoms with Crippen molar-refractivity contribution in [3.05, 3.63) is 0 Å². The first-order valence-corrected chi connectivity index (χ1v) is 15.3. The Hall–Kier alpha value is -0.500. The zero-order chi connectivity index (χ0) is 26.4. The third kappa shape index (κ3) is 25.0. The predicted octanol–water partition coefficient (Wildman–Crippen LogP) is 6.26. The van der Waals surface area contributed by atoms with E-state index in [2.05, 4.69) is 6.92 Å². The van der Waals surface area contributed by atoms with E-state index in [1.807, 2.05) is 28.1 Å². The molecule has 0 heterocycles. The van der Waals surface area contributed by atoms with Gasteiger partial charge in [-0.15, -0.1) is 0 Å². The van der Waals surface area contributed by atoms with Crippen LogP contribution in [0.15, 0.2) is 0 Å². The number of ether oxygens (including phenoxy) is 2. The molecule has 0 spiro atoms. The second-order valence-corrected chi connectivity index (χ2v) is 11.9. The van der Waals surface area contributed by atoms with Gasteiger partial charge in [0.15, 0.2) is 0 Å². The van der Waals surface area contributed by atoms with Gasteiger partial charge in [0.2, 0.25) is 0 Å². The lowest BCUT2D eigenvalue weighted by Crippen LogP contribution is -2.37. The maximum Gasteiger partial charge on any atom is 0.472 e. The number of hydrogen-bond acceptors (Lipinski definition) is 6. The normalized spacial score (nSPS) is 14.6. The summed E-state index contributed by atoms with van der Waals surface area (Å²) in [6.45, 7) is 5.24. The fourth-order valence-electron chi connectivity index (χ4n) is 3.47. The summed E-state index contributed by atoms with van der Waals surface area (Å²) in [6.07, 6.45) is 15.5. The largest absolute Gasteiger partial charge is 0.472 e. The van der Waals surface area contributed by atoms with Gasteiger partial charge < -0.3 is 18.9 Å². The van der Waals surface area contributed by atoms with Crippen molar-refractivity contribution in [1.82, 2.24) is 0 Å². The molecule has 0 aliphatic carbocycles. The van der Waals surface area contributed by atoms with E-state index < -0.39 is 13.9 Å². The van der Waals surface area contributed by atoms with Crippen molar-refractivity contribution in [2.45, 2.75) is 110 Å². The molecule has 0 saturated heterocycles. The Kier molecular flexibility index (Phi) is 21.3. The van der Waals surface area contributed by atoms with Gasteiger partial charge in [0.25, 0.3) is 0 Å². The zero-order valence-corrected chi connectivity index (χ0v) is 24.2. The summed E-state index contributed by atoms with van der Waals surface area (Å²) < 4.78 is 33.9. The molecule has 210 valence electrons. The van der Waals surface area contributed by atoms with E-state index in [1.165, 1.54) is 64.2 Å². The SMILES string of the molecule is CCCCCCCCCCCCCCOCC(COP(=O)(O)OCC[N+](C)(C)C)OC(=O)CCC. The highest BCUT2D eigenvalue weighted by Crippen LogP contribution is 2.43. The fraction of sp³-hybridized carbons (Fsp3) is 0.962. The van der Waals surface area contributed by atoms with Gasteiger partial charge in [0, 0.05) is 13.0 Å². The standard InChI is InChI=1S/C26H54NO7P/c1-6-8-9-10-11-12-13-14-15-16-17-18-21-31-23-25(34-26(28)19-7-2)24-33-35(29,30)32-22-20-27(3,4)5/h25H,6-24H2,1-5H3/p+1. The van der Waals surface area contributed by atoms with Gasteiger partial charge in [-0.2, -0.15) is 0 Å². The van der Waals surface area contributed by atoms with Crippen molar-refractivity contribution < 1.29 is 37.3 Å². The van der Waals surface area contributed by atoms with E-state index in [1.54, 1.807) is 0 Å². The molecule has 2 atom stereocenters. The van der Waals surface area contributed by atoms with Crippen LogP contribution in [0.25, 0.3) is 0 Å². The molecule has 0 amide bonds. The van der Waals surface area contributed by atoms with Crippen LogP contribution in [0.4, 0.5) is 0 Å². The molecule has 0 radical (unpaired) electrons. The highest BCUT2D eigenvalue weighted by molar-refractivity contribution is 7.47. The third-order valence-electron chi connectivity index (χ3n) is 5.64. The summed E-state index contributed by atoms with van der Waals surface area (Å²) in [5.74, 6) is -0.367. The number of rotatable bonds is 25. The number of nitrogens with zero attached hydrogens (tertiary/aromatic N) is 1. The molecule has 9 heteroatoms. The summed E-state index contributed by atoms with van der Waals surface area (Å²) in [4.78, 5) is 21.8. The lowest BCUT2D eigenvalue weighted by Gasteiger charge is -2.24. The van der Waals surface area contributed by atoms with E-state index in [-0.39, 0.29) is 32.2 Å². The van der Waals surface area contributed by atoms with Crippen LogP contribution in [0.5, 0.6) is 0 Å². The van der Waals surface area contributed by atoms with Crippen molar-refractivity contribution in [2.24, 2.45) is 0 Å². The minimum absolute atomic E-state index is 0.0903. The summed E-state index contributed by atoms with van der Waals surface area (Å²) in [5, 5.41) is 0. The number of hydrogen-bond donors (Lipinski definition) is 1. The predicted molar refractivity (Wildman–Crippen MR) is 141 cm³/mol. The minimum Gasteiger partial charge on any atom is -0.457 e. The first-order chi connectivity index (χ1) is 16.6. The van der Waals surface area contributed by atoms with E-state index in [4.69, 9.17) is 18.5 Å². The number of carbonyl (C=O) groups excluding carboxylic acids is 1. The second-order valence-electron chi connectivity index (χ2n) is 10.4. The van der Waals surface area contributed by atoms with Crippen molar-refractivity contribution in [1.29, 1.82) is 0 Å². The Morgan fingerprint density at radius 1 is 0.771 bits per heavy atom. The Morgan fingerprint density at radius 3 is 1.83 bits per heavy atom. The minimum atomic E-state index is -4.22. The fourth-order valence-corrected chi connectivity index (χ4v) is 4.21. The molecular weight excluding hydrogens is 469 g/mol. The smallest absolute Gasteiger partial charge is 0.457 e. The number of unbranched alkanes of at least 4 members (excludes halogenated alkanes) is 11. The summed E-state index contributed by atoms with van der Waals surface area (Å²) in [7, 11) is 1.66. The van der Waals surface area contributed by atoms with Crippen molar-refractivity contribution >= 4 is 13.8 Å². The first-order valence-electron chi connectivity index (χ1n) is 13.8. The van der Waals surface area contributed by atoms with Gasteiger partial charge in [0.1, 0.15) is 19.3 Å². The molecule has 8 nitrogen and oxygen atoms in total. The highest BCUT2D eigenvalue weighted by atomic mass is 31.2. The Bertz CT molecular complexity index is 554. The highest BCUT2D eigenvalue weighted by Gasteiger charge is 2.26. The Balaban J connectivity index is 4.05. The van der Waals surface area contributed by atoms with Gasteiger partial charge in [-0.05, 0) is 12.8 Å². The van der Waals surface area contributed by atoms with Crippen LogP contribution in [0.1, 0.15) is 104 Å². The average molecular weight is 525 g/mol. The molecule has 0 fully saturated rings. The number of carbonyl (C=O) groups is 1. The molecule has 1 N–H and O–H groups in total. The molecule has 0 rings (SSSR count). The Morgan fingerprint density at radius 2 is 1.31 bits per heavy atom. The summed E-state index contributed by atoms with van der Waals surface area (Å²) in [5.41, 5.74) is 0. The average Bonchev–Trinajstić information content (AvgIpc) is 2.76. The van der Waals surface area contributed by atoms with Gasteiger partial charge >= 0.3 is 13.8 Å². The van der Waals surface area contributed by atoms with Crippen molar-refractivity contribution in [3.63, 3.8) is 0 Å². The molecule has 35 heavy (non-hydrogen) atoms. The number of phosphoric acid groups is 1. The van der Waals surface area contributed by atoms with Crippen molar-refractivity contribution in [3.8, 4) is 0 Å². The van der Waals surface area contributed by atoms with Crippen LogP contribution in [-0.4, -0.2) is 75.6 Å². The van der Waals surface area contributed by atoms with E-state index in [0.29, 0.717) is 24.1 Å². The molecular formula is C26H55NO7P+. The van der Waals surface area contributed by atoms with Gasteiger partial charge in [0.05, 0.1) is 34.4 Å². The maximum atomic E-state index is 12.1. The molecule has 0 aromatic rings. The molecule has 0 saturated carbocycles. The molecule has 0 aliphatic heterocycles. The zero-order valence-electron chi connectivity index (χ0n) is 23.3. The molecule has 0 bridgehead atoms.